The topological polar surface area (TPSA) is 86.8 Å². The van der Waals surface area contributed by atoms with Gasteiger partial charge in [0.05, 0.1) is 10.6 Å². The Kier molecular flexibility index (Phi) is 9.88. The van der Waals surface area contributed by atoms with Gasteiger partial charge in [0.2, 0.25) is 11.8 Å². The zero-order valence-electron chi connectivity index (χ0n) is 21.2. The molecule has 2 amide bonds. The van der Waals surface area contributed by atoms with Crippen molar-refractivity contribution in [2.24, 2.45) is 0 Å². The molecule has 0 heterocycles. The number of carbonyl (C=O) groups is 2. The minimum Gasteiger partial charge on any atom is -0.352 e. The number of nitrogens with one attached hydrogen (secondary N) is 1. The molecule has 0 spiro atoms. The lowest BCUT2D eigenvalue weighted by Crippen LogP contribution is -2.53. The first kappa shape index (κ1) is 28.4. The minimum atomic E-state index is -4.07. The van der Waals surface area contributed by atoms with Crippen LogP contribution in [-0.4, -0.2) is 50.3 Å². The SMILES string of the molecule is CC(C)NC(=O)C(C)N(CCc1ccccc1)C(=O)CN(c1cccc(Br)c1)S(=O)(=O)c1ccccc1. The fourth-order valence-corrected chi connectivity index (χ4v) is 5.67. The van der Waals surface area contributed by atoms with Gasteiger partial charge in [0.25, 0.3) is 10.0 Å². The van der Waals surface area contributed by atoms with Crippen molar-refractivity contribution < 1.29 is 18.0 Å². The Labute approximate surface area is 227 Å². The summed E-state index contributed by atoms with van der Waals surface area (Å²) in [6.45, 7) is 5.16. The summed E-state index contributed by atoms with van der Waals surface area (Å²) >= 11 is 3.39. The number of benzene rings is 3. The molecule has 0 saturated carbocycles. The molecule has 37 heavy (non-hydrogen) atoms. The van der Waals surface area contributed by atoms with Crippen molar-refractivity contribution in [2.45, 2.75) is 44.2 Å². The number of hydrogen-bond acceptors (Lipinski definition) is 4. The molecule has 0 aliphatic carbocycles. The van der Waals surface area contributed by atoms with Crippen molar-refractivity contribution in [3.63, 3.8) is 0 Å². The highest BCUT2D eigenvalue weighted by atomic mass is 79.9. The van der Waals surface area contributed by atoms with Crippen LogP contribution in [0.15, 0.2) is 94.3 Å². The van der Waals surface area contributed by atoms with Crippen LogP contribution >= 0.6 is 15.9 Å². The fraction of sp³-hybridized carbons (Fsp3) is 0.286. The van der Waals surface area contributed by atoms with E-state index in [1.54, 1.807) is 49.4 Å². The zero-order valence-corrected chi connectivity index (χ0v) is 23.6. The summed E-state index contributed by atoms with van der Waals surface area (Å²) in [4.78, 5) is 28.2. The number of anilines is 1. The van der Waals surface area contributed by atoms with Gasteiger partial charge in [0.15, 0.2) is 0 Å². The zero-order chi connectivity index (χ0) is 27.0. The number of halogens is 1. The third-order valence-corrected chi connectivity index (χ3v) is 8.07. The molecule has 0 radical (unpaired) electrons. The van der Waals surface area contributed by atoms with E-state index in [0.29, 0.717) is 16.6 Å². The van der Waals surface area contributed by atoms with Gasteiger partial charge in [-0.25, -0.2) is 8.42 Å². The Bertz CT molecular complexity index is 1300. The van der Waals surface area contributed by atoms with Crippen LogP contribution in [0.1, 0.15) is 26.3 Å². The number of sulfonamides is 1. The number of hydrogen-bond donors (Lipinski definition) is 1. The smallest absolute Gasteiger partial charge is 0.264 e. The maximum atomic E-state index is 13.8. The molecular weight excluding hydrogens is 554 g/mol. The van der Waals surface area contributed by atoms with E-state index in [-0.39, 0.29) is 23.4 Å². The van der Waals surface area contributed by atoms with Crippen molar-refractivity contribution in [1.82, 2.24) is 10.2 Å². The number of carbonyl (C=O) groups excluding carboxylic acids is 2. The van der Waals surface area contributed by atoms with Crippen LogP contribution in [0.2, 0.25) is 0 Å². The molecule has 9 heteroatoms. The van der Waals surface area contributed by atoms with Gasteiger partial charge in [-0.15, -0.1) is 0 Å². The molecule has 7 nitrogen and oxygen atoms in total. The molecule has 0 aliphatic rings. The van der Waals surface area contributed by atoms with Crippen LogP contribution < -0.4 is 9.62 Å². The molecule has 0 fully saturated rings. The molecular formula is C28H32BrN3O4S. The predicted octanol–water partition coefficient (Wildman–Crippen LogP) is 4.63. The van der Waals surface area contributed by atoms with Gasteiger partial charge in [0.1, 0.15) is 12.6 Å². The van der Waals surface area contributed by atoms with Gasteiger partial charge in [-0.3, -0.25) is 13.9 Å². The lowest BCUT2D eigenvalue weighted by molar-refractivity contribution is -0.139. The molecule has 196 valence electrons. The monoisotopic (exact) mass is 585 g/mol. The standard InChI is InChI=1S/C28H32BrN3O4S/c1-21(2)30-28(34)22(3)31(18-17-23-11-6-4-7-12-23)27(33)20-32(25-14-10-13-24(29)19-25)37(35,36)26-15-8-5-9-16-26/h4-16,19,21-22H,17-18,20H2,1-3H3,(H,30,34). The van der Waals surface area contributed by atoms with Crippen molar-refractivity contribution in [2.75, 3.05) is 17.4 Å². The summed E-state index contributed by atoms with van der Waals surface area (Å²) in [5.41, 5.74) is 1.35. The summed E-state index contributed by atoms with van der Waals surface area (Å²) in [5.74, 6) is -0.766. The summed E-state index contributed by atoms with van der Waals surface area (Å²) in [6.07, 6.45) is 0.522. The van der Waals surface area contributed by atoms with Crippen molar-refractivity contribution >= 4 is 43.5 Å². The number of nitrogens with zero attached hydrogens (tertiary/aromatic N) is 2. The maximum absolute atomic E-state index is 13.8. The predicted molar refractivity (Wildman–Crippen MR) is 150 cm³/mol. The molecule has 3 aromatic rings. The second-order valence-electron chi connectivity index (χ2n) is 8.97. The third kappa shape index (κ3) is 7.66. The van der Waals surface area contributed by atoms with Gasteiger partial charge in [-0.1, -0.05) is 70.5 Å². The molecule has 1 atom stereocenters. The van der Waals surface area contributed by atoms with E-state index in [0.717, 1.165) is 9.87 Å². The Morgan fingerprint density at radius 2 is 1.51 bits per heavy atom. The van der Waals surface area contributed by atoms with Gasteiger partial charge >= 0.3 is 0 Å². The third-order valence-electron chi connectivity index (χ3n) is 5.79. The van der Waals surface area contributed by atoms with Gasteiger partial charge in [-0.2, -0.15) is 0 Å². The van der Waals surface area contributed by atoms with Crippen LogP contribution in [0, 0.1) is 0 Å². The lowest BCUT2D eigenvalue weighted by atomic mass is 10.1. The van der Waals surface area contributed by atoms with E-state index in [9.17, 15) is 18.0 Å². The summed E-state index contributed by atoms with van der Waals surface area (Å²) in [5, 5.41) is 2.85. The summed E-state index contributed by atoms with van der Waals surface area (Å²) < 4.78 is 29.2. The number of rotatable bonds is 11. The fourth-order valence-electron chi connectivity index (χ4n) is 3.85. The first-order chi connectivity index (χ1) is 17.6. The minimum absolute atomic E-state index is 0.0733. The van der Waals surface area contributed by atoms with Crippen LogP contribution in [0.3, 0.4) is 0 Å². The quantitative estimate of drug-likeness (QED) is 0.355. The van der Waals surface area contributed by atoms with Gasteiger partial charge in [-0.05, 0) is 63.1 Å². The number of amides is 2. The average molecular weight is 587 g/mol. The molecule has 1 N–H and O–H groups in total. The highest BCUT2D eigenvalue weighted by molar-refractivity contribution is 9.10. The highest BCUT2D eigenvalue weighted by Crippen LogP contribution is 2.26. The Balaban J connectivity index is 1.96. The maximum Gasteiger partial charge on any atom is 0.264 e. The van der Waals surface area contributed by atoms with Crippen LogP contribution in [0.25, 0.3) is 0 Å². The van der Waals surface area contributed by atoms with Crippen LogP contribution in [0.5, 0.6) is 0 Å². The first-order valence-corrected chi connectivity index (χ1v) is 14.3. The molecule has 1 unspecified atom stereocenters. The highest BCUT2D eigenvalue weighted by Gasteiger charge is 2.32. The second kappa shape index (κ2) is 12.9. The van der Waals surface area contributed by atoms with Crippen LogP contribution in [0.4, 0.5) is 5.69 Å². The van der Waals surface area contributed by atoms with Crippen molar-refractivity contribution in [1.29, 1.82) is 0 Å². The molecule has 0 bridgehead atoms. The Morgan fingerprint density at radius 3 is 2.11 bits per heavy atom. The first-order valence-electron chi connectivity index (χ1n) is 12.1. The van der Waals surface area contributed by atoms with Crippen LogP contribution in [-0.2, 0) is 26.0 Å². The van der Waals surface area contributed by atoms with Gasteiger partial charge < -0.3 is 10.2 Å². The Morgan fingerprint density at radius 1 is 0.892 bits per heavy atom. The second-order valence-corrected chi connectivity index (χ2v) is 11.7. The normalized spacial score (nSPS) is 12.1. The van der Waals surface area contributed by atoms with E-state index < -0.39 is 28.5 Å². The molecule has 0 aromatic heterocycles. The lowest BCUT2D eigenvalue weighted by Gasteiger charge is -2.32. The summed E-state index contributed by atoms with van der Waals surface area (Å²) in [7, 11) is -4.07. The molecule has 3 rings (SSSR count). The van der Waals surface area contributed by atoms with E-state index in [1.165, 1.54) is 17.0 Å². The largest absolute Gasteiger partial charge is 0.352 e. The molecule has 3 aromatic carbocycles. The summed E-state index contributed by atoms with van der Waals surface area (Å²) in [6, 6.07) is 23.5. The Hall–Kier alpha value is -3.17. The molecule has 0 aliphatic heterocycles. The van der Waals surface area contributed by atoms with Gasteiger partial charge in [0, 0.05) is 17.1 Å². The molecule has 0 saturated heterocycles. The van der Waals surface area contributed by atoms with E-state index >= 15 is 0 Å². The van der Waals surface area contributed by atoms with Crippen molar-refractivity contribution in [3.8, 4) is 0 Å². The van der Waals surface area contributed by atoms with E-state index in [2.05, 4.69) is 21.2 Å². The van der Waals surface area contributed by atoms with E-state index in [1.807, 2.05) is 44.2 Å². The average Bonchev–Trinajstić information content (AvgIpc) is 2.88. The van der Waals surface area contributed by atoms with Crippen molar-refractivity contribution in [3.05, 3.63) is 95.0 Å². The van der Waals surface area contributed by atoms with E-state index in [4.69, 9.17) is 0 Å².